The third-order valence-corrected chi connectivity index (χ3v) is 3.51. The normalized spacial score (nSPS) is 13.6. The fraction of sp³-hybridized carbons (Fsp3) is 0.188. The van der Waals surface area contributed by atoms with Gasteiger partial charge in [-0.2, -0.15) is 0 Å². The highest BCUT2D eigenvalue weighted by Crippen LogP contribution is 2.31. The Morgan fingerprint density at radius 2 is 2.05 bits per heavy atom. The van der Waals surface area contributed by atoms with Crippen LogP contribution in [-0.4, -0.2) is 16.7 Å². The van der Waals surface area contributed by atoms with Crippen molar-refractivity contribution in [2.45, 2.75) is 19.3 Å². The average molecular weight is 282 g/mol. The van der Waals surface area contributed by atoms with Crippen LogP contribution in [-0.2, 0) is 17.6 Å². The fourth-order valence-corrected chi connectivity index (χ4v) is 2.42. The van der Waals surface area contributed by atoms with Crippen molar-refractivity contribution >= 4 is 11.7 Å². The van der Waals surface area contributed by atoms with Crippen LogP contribution in [0.2, 0.25) is 0 Å². The summed E-state index contributed by atoms with van der Waals surface area (Å²) >= 11 is 0. The lowest BCUT2D eigenvalue weighted by Gasteiger charge is -2.18. The van der Waals surface area contributed by atoms with Gasteiger partial charge in [-0.15, -0.1) is 0 Å². The number of carbonyl (C=O) groups is 2. The molecule has 1 aliphatic rings. The lowest BCUT2D eigenvalue weighted by molar-refractivity contribution is -0.118. The van der Waals surface area contributed by atoms with E-state index in [1.807, 2.05) is 18.2 Å². The van der Waals surface area contributed by atoms with E-state index in [1.165, 1.54) is 6.20 Å². The predicted octanol–water partition coefficient (Wildman–Crippen LogP) is 2.03. The molecular formula is C16H14N2O3. The van der Waals surface area contributed by atoms with Gasteiger partial charge >= 0.3 is 0 Å². The summed E-state index contributed by atoms with van der Waals surface area (Å²) in [7, 11) is 0. The number of nitrogens with zero attached hydrogens (tertiary/aromatic N) is 1. The van der Waals surface area contributed by atoms with Gasteiger partial charge in [0.25, 0.3) is 0 Å². The zero-order chi connectivity index (χ0) is 14.8. The number of ether oxygens (including phenoxy) is 1. The van der Waals surface area contributed by atoms with Crippen LogP contribution in [0.3, 0.4) is 0 Å². The molecule has 0 saturated heterocycles. The van der Waals surface area contributed by atoms with Crippen molar-refractivity contribution in [3.63, 3.8) is 0 Å². The zero-order valence-electron chi connectivity index (χ0n) is 11.3. The van der Waals surface area contributed by atoms with Crippen molar-refractivity contribution in [2.24, 2.45) is 5.73 Å². The molecule has 0 atom stereocenters. The number of primary amides is 1. The predicted molar refractivity (Wildman–Crippen MR) is 76.3 cm³/mol. The van der Waals surface area contributed by atoms with Crippen LogP contribution < -0.4 is 10.5 Å². The van der Waals surface area contributed by atoms with Crippen LogP contribution in [0.4, 0.5) is 0 Å². The van der Waals surface area contributed by atoms with Crippen molar-refractivity contribution in [1.82, 2.24) is 4.98 Å². The van der Waals surface area contributed by atoms with Crippen LogP contribution in [0, 0.1) is 0 Å². The fourth-order valence-electron chi connectivity index (χ4n) is 2.42. The quantitative estimate of drug-likeness (QED) is 0.933. The molecule has 0 bridgehead atoms. The summed E-state index contributed by atoms with van der Waals surface area (Å²) in [5.74, 6) is 0.831. The smallest absolute Gasteiger partial charge is 0.250 e. The van der Waals surface area contributed by atoms with E-state index < -0.39 is 5.91 Å². The molecule has 2 aromatic rings. The SMILES string of the molecule is NC(=O)c1ccc(Oc2cccc3c2CCC(=O)C3)nc1. The minimum absolute atomic E-state index is 0.253. The van der Waals surface area contributed by atoms with E-state index in [1.54, 1.807) is 12.1 Å². The Morgan fingerprint density at radius 1 is 1.19 bits per heavy atom. The van der Waals surface area contributed by atoms with Crippen LogP contribution in [0.1, 0.15) is 27.9 Å². The third-order valence-electron chi connectivity index (χ3n) is 3.51. The summed E-state index contributed by atoms with van der Waals surface area (Å²) in [5.41, 5.74) is 7.57. The summed E-state index contributed by atoms with van der Waals surface area (Å²) in [6, 6.07) is 8.85. The Kier molecular flexibility index (Phi) is 3.39. The van der Waals surface area contributed by atoms with Crippen LogP contribution in [0.5, 0.6) is 11.6 Å². The molecule has 21 heavy (non-hydrogen) atoms. The van der Waals surface area contributed by atoms with Gasteiger partial charge in [0.05, 0.1) is 5.56 Å². The molecule has 0 aliphatic heterocycles. The standard InChI is InChI=1S/C16H14N2O3/c17-16(20)11-4-7-15(18-9-11)21-14-3-1-2-10-8-12(19)5-6-13(10)14/h1-4,7,9H,5-6,8H2,(H2,17,20). The molecule has 0 saturated carbocycles. The molecule has 0 unspecified atom stereocenters. The summed E-state index contributed by atoms with van der Waals surface area (Å²) in [6.45, 7) is 0. The Bertz CT molecular complexity index is 708. The zero-order valence-corrected chi connectivity index (χ0v) is 11.3. The number of fused-ring (bicyclic) bond motifs is 1. The van der Waals surface area contributed by atoms with E-state index in [2.05, 4.69) is 4.98 Å². The Labute approximate surface area is 121 Å². The molecule has 5 nitrogen and oxygen atoms in total. The van der Waals surface area contributed by atoms with E-state index in [-0.39, 0.29) is 5.78 Å². The van der Waals surface area contributed by atoms with Gasteiger partial charge in [0.2, 0.25) is 11.8 Å². The molecule has 0 spiro atoms. The van der Waals surface area contributed by atoms with Gasteiger partial charge in [-0.1, -0.05) is 12.1 Å². The van der Waals surface area contributed by atoms with Crippen LogP contribution in [0.25, 0.3) is 0 Å². The first-order valence-corrected chi connectivity index (χ1v) is 6.69. The highest BCUT2D eigenvalue weighted by molar-refractivity contribution is 5.92. The number of rotatable bonds is 3. The lowest BCUT2D eigenvalue weighted by Crippen LogP contribution is -2.14. The first-order chi connectivity index (χ1) is 10.1. The lowest BCUT2D eigenvalue weighted by atomic mass is 9.90. The molecule has 2 N–H and O–H groups in total. The van der Waals surface area contributed by atoms with Gasteiger partial charge in [-0.3, -0.25) is 9.59 Å². The molecule has 0 fully saturated rings. The van der Waals surface area contributed by atoms with E-state index >= 15 is 0 Å². The maximum absolute atomic E-state index is 11.5. The van der Waals surface area contributed by atoms with Gasteiger partial charge in [0, 0.05) is 25.1 Å². The van der Waals surface area contributed by atoms with E-state index in [4.69, 9.17) is 10.5 Å². The second-order valence-electron chi connectivity index (χ2n) is 4.96. The topological polar surface area (TPSA) is 82.3 Å². The Hall–Kier alpha value is -2.69. The molecule has 106 valence electrons. The molecule has 1 aliphatic carbocycles. The Balaban J connectivity index is 1.87. The molecule has 1 aromatic heterocycles. The molecular weight excluding hydrogens is 268 g/mol. The number of aromatic nitrogens is 1. The number of amides is 1. The number of hydrogen-bond donors (Lipinski definition) is 1. The van der Waals surface area contributed by atoms with Crippen molar-refractivity contribution < 1.29 is 14.3 Å². The minimum Gasteiger partial charge on any atom is -0.439 e. The summed E-state index contributed by atoms with van der Waals surface area (Å²) < 4.78 is 5.77. The average Bonchev–Trinajstić information content (AvgIpc) is 2.47. The molecule has 1 amide bonds. The monoisotopic (exact) mass is 282 g/mol. The minimum atomic E-state index is -0.523. The molecule has 1 heterocycles. The molecule has 5 heteroatoms. The van der Waals surface area contributed by atoms with Gasteiger partial charge in [-0.05, 0) is 29.7 Å². The number of hydrogen-bond acceptors (Lipinski definition) is 4. The van der Waals surface area contributed by atoms with Crippen molar-refractivity contribution in [3.05, 3.63) is 53.2 Å². The summed E-state index contributed by atoms with van der Waals surface area (Å²) in [5, 5.41) is 0. The van der Waals surface area contributed by atoms with Crippen molar-refractivity contribution in [3.8, 4) is 11.6 Å². The number of nitrogens with two attached hydrogens (primary N) is 1. The highest BCUT2D eigenvalue weighted by atomic mass is 16.5. The van der Waals surface area contributed by atoms with E-state index in [9.17, 15) is 9.59 Å². The molecule has 1 aromatic carbocycles. The second kappa shape index (κ2) is 5.36. The second-order valence-corrected chi connectivity index (χ2v) is 4.96. The maximum Gasteiger partial charge on any atom is 0.250 e. The van der Waals surface area contributed by atoms with Crippen LogP contribution >= 0.6 is 0 Å². The maximum atomic E-state index is 11.5. The van der Waals surface area contributed by atoms with Gasteiger partial charge in [0.1, 0.15) is 11.5 Å². The summed E-state index contributed by atoms with van der Waals surface area (Å²) in [6.07, 6.45) is 3.07. The first-order valence-electron chi connectivity index (χ1n) is 6.69. The van der Waals surface area contributed by atoms with E-state index in [0.717, 1.165) is 11.1 Å². The first kappa shape index (κ1) is 13.3. The highest BCUT2D eigenvalue weighted by Gasteiger charge is 2.19. The van der Waals surface area contributed by atoms with Gasteiger partial charge in [0.15, 0.2) is 0 Å². The van der Waals surface area contributed by atoms with Crippen molar-refractivity contribution in [2.75, 3.05) is 0 Å². The molecule has 3 rings (SSSR count). The van der Waals surface area contributed by atoms with Gasteiger partial charge in [-0.25, -0.2) is 4.98 Å². The van der Waals surface area contributed by atoms with Crippen molar-refractivity contribution in [1.29, 1.82) is 0 Å². The largest absolute Gasteiger partial charge is 0.439 e. The van der Waals surface area contributed by atoms with E-state index in [0.29, 0.717) is 36.5 Å². The number of carbonyl (C=O) groups excluding carboxylic acids is 2. The third kappa shape index (κ3) is 2.76. The number of ketones is 1. The number of benzene rings is 1. The van der Waals surface area contributed by atoms with Gasteiger partial charge < -0.3 is 10.5 Å². The molecule has 0 radical (unpaired) electrons. The summed E-state index contributed by atoms with van der Waals surface area (Å²) in [4.78, 5) is 26.6. The van der Waals surface area contributed by atoms with Crippen LogP contribution in [0.15, 0.2) is 36.5 Å². The number of Topliss-reactive ketones (excluding diaryl/α,β-unsaturated/α-hetero) is 1. The number of pyridine rings is 1. The Morgan fingerprint density at radius 3 is 2.76 bits per heavy atom.